The fourth-order valence-electron chi connectivity index (χ4n) is 3.40. The standard InChI is InChI=1S/C20H26N4O2.2ClH/c1-25-16-6-5-13(18(9-16)26-2)11-22-19-10-17(14-7-15(21)8-14)23-20(24-19)12-3-4-12;;/h5-6,9-10,12,14-15H,3-4,7-8,11,21H2,1-2H3,(H,22,23,24);2*1H. The Hall–Kier alpha value is -1.76. The van der Waals surface area contributed by atoms with Crippen LogP contribution in [0.3, 0.4) is 0 Å². The molecule has 6 nitrogen and oxygen atoms in total. The normalized spacial score (nSPS) is 20.2. The lowest BCUT2D eigenvalue weighted by Crippen LogP contribution is -2.35. The van der Waals surface area contributed by atoms with Crippen LogP contribution in [0.5, 0.6) is 11.5 Å². The van der Waals surface area contributed by atoms with Crippen molar-refractivity contribution in [3.05, 3.63) is 41.3 Å². The number of nitrogens with one attached hydrogen (secondary N) is 1. The topological polar surface area (TPSA) is 82.3 Å². The summed E-state index contributed by atoms with van der Waals surface area (Å²) in [4.78, 5) is 9.56. The quantitative estimate of drug-likeness (QED) is 0.694. The zero-order chi connectivity index (χ0) is 18.1. The van der Waals surface area contributed by atoms with Crippen LogP contribution >= 0.6 is 24.8 Å². The fraction of sp³-hybridized carbons (Fsp3) is 0.500. The summed E-state index contributed by atoms with van der Waals surface area (Å²) < 4.78 is 10.7. The number of benzene rings is 1. The highest BCUT2D eigenvalue weighted by Gasteiger charge is 2.32. The van der Waals surface area contributed by atoms with E-state index in [9.17, 15) is 0 Å². The molecule has 0 aliphatic heterocycles. The predicted octanol–water partition coefficient (Wildman–Crippen LogP) is 4.03. The minimum Gasteiger partial charge on any atom is -0.497 e. The van der Waals surface area contributed by atoms with E-state index >= 15 is 0 Å². The summed E-state index contributed by atoms with van der Waals surface area (Å²) in [6.07, 6.45) is 4.43. The summed E-state index contributed by atoms with van der Waals surface area (Å²) in [5.41, 5.74) is 8.16. The van der Waals surface area contributed by atoms with Crippen LogP contribution in [-0.4, -0.2) is 30.2 Å². The summed E-state index contributed by atoms with van der Waals surface area (Å²) >= 11 is 0. The van der Waals surface area contributed by atoms with Gasteiger partial charge in [0.15, 0.2) is 0 Å². The van der Waals surface area contributed by atoms with Crippen molar-refractivity contribution in [3.8, 4) is 11.5 Å². The zero-order valence-corrected chi connectivity index (χ0v) is 17.8. The Morgan fingerprint density at radius 1 is 1.04 bits per heavy atom. The molecule has 0 bridgehead atoms. The third-order valence-electron chi connectivity index (χ3n) is 5.25. The molecule has 0 radical (unpaired) electrons. The third kappa shape index (κ3) is 4.99. The van der Waals surface area contributed by atoms with Gasteiger partial charge in [0.2, 0.25) is 0 Å². The molecular formula is C20H28Cl2N4O2. The molecule has 2 aliphatic rings. The summed E-state index contributed by atoms with van der Waals surface area (Å²) in [6.45, 7) is 0.637. The van der Waals surface area contributed by atoms with Crippen molar-refractivity contribution in [2.75, 3.05) is 19.5 Å². The minimum atomic E-state index is 0. The second-order valence-electron chi connectivity index (χ2n) is 7.27. The van der Waals surface area contributed by atoms with Crippen molar-refractivity contribution in [2.45, 2.75) is 50.1 Å². The van der Waals surface area contributed by atoms with E-state index in [0.717, 1.165) is 47.2 Å². The molecule has 2 aliphatic carbocycles. The van der Waals surface area contributed by atoms with E-state index in [-0.39, 0.29) is 24.8 Å². The molecule has 0 spiro atoms. The lowest BCUT2D eigenvalue weighted by atomic mass is 9.78. The van der Waals surface area contributed by atoms with Crippen LogP contribution in [0.1, 0.15) is 54.6 Å². The summed E-state index contributed by atoms with van der Waals surface area (Å²) in [5.74, 6) is 4.45. The molecule has 28 heavy (non-hydrogen) atoms. The van der Waals surface area contributed by atoms with E-state index in [4.69, 9.17) is 25.2 Å². The number of halogens is 2. The zero-order valence-electron chi connectivity index (χ0n) is 16.2. The first-order valence-electron chi connectivity index (χ1n) is 9.25. The monoisotopic (exact) mass is 426 g/mol. The van der Waals surface area contributed by atoms with Gasteiger partial charge in [-0.1, -0.05) is 0 Å². The third-order valence-corrected chi connectivity index (χ3v) is 5.25. The molecule has 2 saturated carbocycles. The van der Waals surface area contributed by atoms with E-state index < -0.39 is 0 Å². The molecule has 3 N–H and O–H groups in total. The Morgan fingerprint density at radius 3 is 2.39 bits per heavy atom. The van der Waals surface area contributed by atoms with Gasteiger partial charge in [-0.3, -0.25) is 0 Å². The average molecular weight is 427 g/mol. The molecule has 0 saturated heterocycles. The van der Waals surface area contributed by atoms with E-state index in [1.165, 1.54) is 12.8 Å². The number of methoxy groups -OCH3 is 2. The highest BCUT2D eigenvalue weighted by Crippen LogP contribution is 2.41. The number of hydrogen-bond donors (Lipinski definition) is 2. The number of rotatable bonds is 7. The van der Waals surface area contributed by atoms with Crippen molar-refractivity contribution >= 4 is 30.6 Å². The molecule has 4 rings (SSSR count). The lowest BCUT2D eigenvalue weighted by Gasteiger charge is -2.32. The van der Waals surface area contributed by atoms with E-state index in [1.807, 2.05) is 18.2 Å². The summed E-state index contributed by atoms with van der Waals surface area (Å²) in [7, 11) is 3.33. The SMILES string of the molecule is COc1ccc(CNc2cc(C3CC(N)C3)nc(C3CC3)n2)c(OC)c1.Cl.Cl. The highest BCUT2D eigenvalue weighted by atomic mass is 35.5. The smallest absolute Gasteiger partial charge is 0.134 e. The Kier molecular flexibility index (Phi) is 7.75. The summed E-state index contributed by atoms with van der Waals surface area (Å²) in [6, 6.07) is 8.25. The van der Waals surface area contributed by atoms with Crippen LogP contribution in [0.4, 0.5) is 5.82 Å². The lowest BCUT2D eigenvalue weighted by molar-refractivity contribution is 0.344. The van der Waals surface area contributed by atoms with Crippen LogP contribution in [0.25, 0.3) is 0 Å². The molecule has 1 heterocycles. The maximum absolute atomic E-state index is 5.96. The number of hydrogen-bond acceptors (Lipinski definition) is 6. The van der Waals surface area contributed by atoms with Gasteiger partial charge in [-0.25, -0.2) is 9.97 Å². The van der Waals surface area contributed by atoms with Crippen molar-refractivity contribution < 1.29 is 9.47 Å². The first kappa shape index (κ1) is 22.5. The van der Waals surface area contributed by atoms with E-state index in [1.54, 1.807) is 14.2 Å². The predicted molar refractivity (Wildman–Crippen MR) is 115 cm³/mol. The van der Waals surface area contributed by atoms with Crippen LogP contribution in [0.2, 0.25) is 0 Å². The molecular weight excluding hydrogens is 399 g/mol. The van der Waals surface area contributed by atoms with Gasteiger partial charge in [-0.05, 0) is 37.8 Å². The average Bonchev–Trinajstić information content (AvgIpc) is 3.48. The van der Waals surface area contributed by atoms with Gasteiger partial charge in [0.1, 0.15) is 23.1 Å². The van der Waals surface area contributed by atoms with Gasteiger partial charge in [-0.2, -0.15) is 0 Å². The number of ether oxygens (including phenoxy) is 2. The van der Waals surface area contributed by atoms with Crippen LogP contribution in [0, 0.1) is 0 Å². The van der Waals surface area contributed by atoms with Gasteiger partial charge in [0.05, 0.1) is 14.2 Å². The van der Waals surface area contributed by atoms with Gasteiger partial charge in [-0.15, -0.1) is 24.8 Å². The molecule has 154 valence electrons. The first-order chi connectivity index (χ1) is 12.7. The molecule has 1 aromatic carbocycles. The maximum atomic E-state index is 5.96. The number of anilines is 1. The van der Waals surface area contributed by atoms with Crippen LogP contribution in [-0.2, 0) is 6.54 Å². The van der Waals surface area contributed by atoms with Gasteiger partial charge in [0, 0.05) is 47.8 Å². The Balaban J connectivity index is 0.00000140. The maximum Gasteiger partial charge on any atom is 0.134 e. The Labute approximate surface area is 178 Å². The second kappa shape index (κ2) is 9.63. The molecule has 8 heteroatoms. The number of nitrogens with zero attached hydrogens (tertiary/aromatic N) is 2. The molecule has 0 amide bonds. The van der Waals surface area contributed by atoms with Gasteiger partial charge >= 0.3 is 0 Å². The van der Waals surface area contributed by atoms with Crippen LogP contribution in [0.15, 0.2) is 24.3 Å². The molecule has 2 fully saturated rings. The van der Waals surface area contributed by atoms with Gasteiger partial charge in [0.25, 0.3) is 0 Å². The largest absolute Gasteiger partial charge is 0.497 e. The molecule has 2 aromatic rings. The Bertz CT molecular complexity index is 796. The molecule has 0 atom stereocenters. The number of aromatic nitrogens is 2. The van der Waals surface area contributed by atoms with Crippen molar-refractivity contribution in [1.82, 2.24) is 9.97 Å². The fourth-order valence-corrected chi connectivity index (χ4v) is 3.40. The van der Waals surface area contributed by atoms with Crippen molar-refractivity contribution in [2.24, 2.45) is 5.73 Å². The highest BCUT2D eigenvalue weighted by molar-refractivity contribution is 5.85. The second-order valence-corrected chi connectivity index (χ2v) is 7.27. The van der Waals surface area contributed by atoms with Crippen molar-refractivity contribution in [1.29, 1.82) is 0 Å². The minimum absolute atomic E-state index is 0. The summed E-state index contributed by atoms with van der Waals surface area (Å²) in [5, 5.41) is 3.45. The molecule has 1 aromatic heterocycles. The van der Waals surface area contributed by atoms with Crippen LogP contribution < -0.4 is 20.5 Å². The van der Waals surface area contributed by atoms with Gasteiger partial charge < -0.3 is 20.5 Å². The van der Waals surface area contributed by atoms with Crippen molar-refractivity contribution in [3.63, 3.8) is 0 Å². The first-order valence-corrected chi connectivity index (χ1v) is 9.25. The number of nitrogens with two attached hydrogens (primary N) is 1. The molecule has 0 unspecified atom stereocenters. The van der Waals surface area contributed by atoms with E-state index in [2.05, 4.69) is 11.4 Å². The Morgan fingerprint density at radius 2 is 1.79 bits per heavy atom. The van der Waals surface area contributed by atoms with E-state index in [0.29, 0.717) is 24.4 Å².